The Hall–Kier alpha value is -1.29. The predicted molar refractivity (Wildman–Crippen MR) is 77.2 cm³/mol. The number of carbonyl (C=O) groups is 1. The van der Waals surface area contributed by atoms with E-state index in [0.29, 0.717) is 19.3 Å². The van der Waals surface area contributed by atoms with Crippen molar-refractivity contribution >= 4 is 5.91 Å². The summed E-state index contributed by atoms with van der Waals surface area (Å²) in [5.41, 5.74) is -2.15. The first-order chi connectivity index (χ1) is 10.7. The minimum atomic E-state index is -4.27. The van der Waals surface area contributed by atoms with E-state index in [0.717, 1.165) is 0 Å². The molecule has 1 spiro atoms. The smallest absolute Gasteiger partial charge is 0.381 e. The maximum absolute atomic E-state index is 13.5. The van der Waals surface area contributed by atoms with Crippen molar-refractivity contribution in [1.29, 1.82) is 5.26 Å². The number of amides is 1. The lowest BCUT2D eigenvalue weighted by Crippen LogP contribution is -2.58. The zero-order chi connectivity index (χ0) is 17.3. The second-order valence-corrected chi connectivity index (χ2v) is 6.88. The van der Waals surface area contributed by atoms with E-state index in [1.165, 1.54) is 4.90 Å². The van der Waals surface area contributed by atoms with Crippen LogP contribution in [0.25, 0.3) is 0 Å². The van der Waals surface area contributed by atoms with Gasteiger partial charge in [-0.25, -0.2) is 0 Å². The minimum Gasteiger partial charge on any atom is -0.381 e. The van der Waals surface area contributed by atoms with E-state index in [-0.39, 0.29) is 38.6 Å². The quantitative estimate of drug-likeness (QED) is 0.781. The highest BCUT2D eigenvalue weighted by Gasteiger charge is 2.57. The highest BCUT2D eigenvalue weighted by atomic mass is 19.4. The van der Waals surface area contributed by atoms with Crippen molar-refractivity contribution in [3.05, 3.63) is 0 Å². The molecule has 2 rings (SSSR count). The molecule has 2 fully saturated rings. The first-order valence-corrected chi connectivity index (χ1v) is 8.04. The topological polar surface area (TPSA) is 53.3 Å². The molecular weight excluding hydrogens is 309 g/mol. The molecular formula is C16H23F3N2O2. The van der Waals surface area contributed by atoms with E-state index >= 15 is 0 Å². The molecule has 4 nitrogen and oxygen atoms in total. The molecule has 2 unspecified atom stereocenters. The number of hydrogen-bond acceptors (Lipinski definition) is 3. The predicted octanol–water partition coefficient (Wildman–Crippen LogP) is 3.13. The largest absolute Gasteiger partial charge is 0.392 e. The molecule has 0 aromatic carbocycles. The number of nitriles is 1. The number of nitrogens with zero attached hydrogens (tertiary/aromatic N) is 2. The third-order valence-corrected chi connectivity index (χ3v) is 5.53. The molecule has 0 aliphatic carbocycles. The van der Waals surface area contributed by atoms with E-state index in [1.54, 1.807) is 13.8 Å². The van der Waals surface area contributed by atoms with Crippen LogP contribution in [-0.4, -0.2) is 43.3 Å². The average Bonchev–Trinajstić information content (AvgIpc) is 2.52. The molecule has 2 saturated heterocycles. The zero-order valence-electron chi connectivity index (χ0n) is 13.6. The summed E-state index contributed by atoms with van der Waals surface area (Å²) in [7, 11) is 0. The fraction of sp³-hybridized carbons (Fsp3) is 0.875. The highest BCUT2D eigenvalue weighted by molar-refractivity contribution is 5.85. The van der Waals surface area contributed by atoms with Gasteiger partial charge >= 0.3 is 6.18 Å². The monoisotopic (exact) mass is 332 g/mol. The van der Waals surface area contributed by atoms with Gasteiger partial charge in [-0.05, 0) is 32.6 Å². The van der Waals surface area contributed by atoms with Crippen molar-refractivity contribution in [2.24, 2.45) is 16.7 Å². The Balaban J connectivity index is 2.26. The maximum Gasteiger partial charge on any atom is 0.392 e. The Morgan fingerprint density at radius 3 is 2.48 bits per heavy atom. The maximum atomic E-state index is 13.5. The Bertz CT molecular complexity index is 495. The van der Waals surface area contributed by atoms with Crippen LogP contribution in [0.2, 0.25) is 0 Å². The number of ether oxygens (including phenoxy) is 1. The van der Waals surface area contributed by atoms with E-state index in [2.05, 4.69) is 0 Å². The number of hydrogen-bond donors (Lipinski definition) is 0. The van der Waals surface area contributed by atoms with Crippen LogP contribution in [-0.2, 0) is 9.53 Å². The molecule has 2 aliphatic rings. The van der Waals surface area contributed by atoms with Crippen LogP contribution >= 0.6 is 0 Å². The van der Waals surface area contributed by atoms with E-state index in [4.69, 9.17) is 4.74 Å². The normalized spacial score (nSPS) is 27.3. The van der Waals surface area contributed by atoms with Crippen molar-refractivity contribution < 1.29 is 22.7 Å². The number of likely N-dealkylation sites (tertiary alicyclic amines) is 1. The molecule has 0 radical (unpaired) electrons. The summed E-state index contributed by atoms with van der Waals surface area (Å²) in [6.45, 7) is 4.00. The molecule has 0 aromatic rings. The number of piperidine rings is 1. The van der Waals surface area contributed by atoms with Crippen molar-refractivity contribution in [3.63, 3.8) is 0 Å². The van der Waals surface area contributed by atoms with Crippen molar-refractivity contribution in [3.8, 4) is 6.07 Å². The lowest BCUT2D eigenvalue weighted by molar-refractivity contribution is -0.235. The first kappa shape index (κ1) is 18.1. The fourth-order valence-corrected chi connectivity index (χ4v) is 3.76. The lowest BCUT2D eigenvalue weighted by Gasteiger charge is -2.51. The summed E-state index contributed by atoms with van der Waals surface area (Å²) in [6, 6.07) is 2.02. The van der Waals surface area contributed by atoms with E-state index in [1.807, 2.05) is 6.07 Å². The summed E-state index contributed by atoms with van der Waals surface area (Å²) in [6.07, 6.45) is -3.42. The van der Waals surface area contributed by atoms with Crippen LogP contribution < -0.4 is 0 Å². The average molecular weight is 332 g/mol. The van der Waals surface area contributed by atoms with Gasteiger partial charge in [-0.15, -0.1) is 0 Å². The minimum absolute atomic E-state index is 0.0584. The van der Waals surface area contributed by atoms with Crippen LogP contribution in [0.5, 0.6) is 0 Å². The van der Waals surface area contributed by atoms with Gasteiger partial charge in [-0.2, -0.15) is 18.4 Å². The first-order valence-electron chi connectivity index (χ1n) is 8.04. The van der Waals surface area contributed by atoms with Gasteiger partial charge in [0.2, 0.25) is 5.91 Å². The van der Waals surface area contributed by atoms with Crippen LogP contribution in [0.3, 0.4) is 0 Å². The molecule has 0 aromatic heterocycles. The number of carbonyl (C=O) groups excluding carboxylic acids is 1. The molecule has 0 saturated carbocycles. The number of halogens is 3. The second kappa shape index (κ2) is 6.31. The molecule has 1 amide bonds. The van der Waals surface area contributed by atoms with Crippen molar-refractivity contribution in [2.45, 2.75) is 45.7 Å². The fourth-order valence-electron chi connectivity index (χ4n) is 3.76. The molecule has 23 heavy (non-hydrogen) atoms. The zero-order valence-corrected chi connectivity index (χ0v) is 13.6. The Labute approximate surface area is 134 Å². The van der Waals surface area contributed by atoms with Gasteiger partial charge in [-0.3, -0.25) is 4.79 Å². The number of rotatable bonds is 2. The van der Waals surface area contributed by atoms with E-state index < -0.39 is 22.9 Å². The molecule has 130 valence electrons. The molecule has 7 heteroatoms. The molecule has 0 bridgehead atoms. The van der Waals surface area contributed by atoms with Gasteiger partial charge in [0.15, 0.2) is 0 Å². The van der Waals surface area contributed by atoms with Crippen LogP contribution in [0.1, 0.15) is 39.5 Å². The van der Waals surface area contributed by atoms with Gasteiger partial charge in [0.25, 0.3) is 0 Å². The Morgan fingerprint density at radius 2 is 2.00 bits per heavy atom. The summed E-state index contributed by atoms with van der Waals surface area (Å²) in [5.74, 6) is -1.76. The SMILES string of the molecule is CCC(C)(C#N)C(=O)N1CCC(C(F)(F)F)C2(CCOCC2)C1. The third-order valence-electron chi connectivity index (χ3n) is 5.53. The summed E-state index contributed by atoms with van der Waals surface area (Å²) < 4.78 is 45.6. The van der Waals surface area contributed by atoms with E-state index in [9.17, 15) is 23.2 Å². The van der Waals surface area contributed by atoms with Gasteiger partial charge in [0.05, 0.1) is 12.0 Å². The van der Waals surface area contributed by atoms with Crippen molar-refractivity contribution in [1.82, 2.24) is 4.90 Å². The van der Waals surface area contributed by atoms with Crippen LogP contribution in [0.4, 0.5) is 13.2 Å². The lowest BCUT2D eigenvalue weighted by atomic mass is 9.65. The molecule has 0 N–H and O–H groups in total. The number of alkyl halides is 3. The van der Waals surface area contributed by atoms with Gasteiger partial charge in [-0.1, -0.05) is 6.92 Å². The highest BCUT2D eigenvalue weighted by Crippen LogP contribution is 2.51. The van der Waals surface area contributed by atoms with Gasteiger partial charge < -0.3 is 9.64 Å². The molecule has 2 heterocycles. The standard InChI is InChI=1S/C16H23F3N2O2/c1-3-14(2,10-20)13(22)21-7-4-12(16(17,18)19)15(11-21)5-8-23-9-6-15/h12H,3-9,11H2,1-2H3. The van der Waals surface area contributed by atoms with Gasteiger partial charge in [0.1, 0.15) is 5.41 Å². The van der Waals surface area contributed by atoms with Gasteiger partial charge in [0, 0.05) is 31.7 Å². The van der Waals surface area contributed by atoms with Crippen LogP contribution in [0, 0.1) is 28.1 Å². The van der Waals surface area contributed by atoms with Crippen molar-refractivity contribution in [2.75, 3.05) is 26.3 Å². The molecule has 2 atom stereocenters. The Morgan fingerprint density at radius 1 is 1.39 bits per heavy atom. The van der Waals surface area contributed by atoms with Crippen LogP contribution in [0.15, 0.2) is 0 Å². The summed E-state index contributed by atoms with van der Waals surface area (Å²) >= 11 is 0. The third kappa shape index (κ3) is 3.32. The molecule has 2 aliphatic heterocycles. The summed E-state index contributed by atoms with van der Waals surface area (Å²) in [4.78, 5) is 14.1. The Kier molecular flexibility index (Phi) is 4.95. The summed E-state index contributed by atoms with van der Waals surface area (Å²) in [5, 5.41) is 9.27. The second-order valence-electron chi connectivity index (χ2n) is 6.88.